The van der Waals surface area contributed by atoms with Gasteiger partial charge in [-0.25, -0.2) is 9.78 Å². The Morgan fingerprint density at radius 1 is 1.26 bits per heavy atom. The highest BCUT2D eigenvalue weighted by molar-refractivity contribution is 7.17. The van der Waals surface area contributed by atoms with Gasteiger partial charge in [0, 0.05) is 17.4 Å². The van der Waals surface area contributed by atoms with Gasteiger partial charge in [0.15, 0.2) is 0 Å². The van der Waals surface area contributed by atoms with Gasteiger partial charge < -0.3 is 5.11 Å². The number of nitrogens with zero attached hydrogens (tertiary/aromatic N) is 2. The summed E-state index contributed by atoms with van der Waals surface area (Å²) in [6.07, 6.45) is 1.34. The number of carboxylic acid groups (broad SMARTS) is 1. The van der Waals surface area contributed by atoms with Gasteiger partial charge in [-0.15, -0.1) is 11.3 Å². The van der Waals surface area contributed by atoms with Gasteiger partial charge in [0.05, 0.1) is 5.39 Å². The lowest BCUT2D eigenvalue weighted by atomic mass is 10.00. The largest absolute Gasteiger partial charge is 0.480 e. The lowest BCUT2D eigenvalue weighted by Crippen LogP contribution is -2.44. The Hall–Kier alpha value is -2.47. The van der Waals surface area contributed by atoms with E-state index in [0.717, 1.165) is 23.1 Å². The van der Waals surface area contributed by atoms with Crippen molar-refractivity contribution in [2.75, 3.05) is 0 Å². The van der Waals surface area contributed by atoms with Gasteiger partial charge in [-0.2, -0.15) is 0 Å². The van der Waals surface area contributed by atoms with Gasteiger partial charge >= 0.3 is 5.97 Å². The summed E-state index contributed by atoms with van der Waals surface area (Å²) in [5.41, 5.74) is 2.44. The number of benzene rings is 1. The molecule has 3 rings (SSSR count). The average molecular weight is 385 g/mol. The van der Waals surface area contributed by atoms with Gasteiger partial charge in [0.25, 0.3) is 5.56 Å². The number of aliphatic carboxylic acids is 1. The summed E-state index contributed by atoms with van der Waals surface area (Å²) in [7, 11) is 0. The van der Waals surface area contributed by atoms with Crippen LogP contribution in [0, 0.1) is 13.8 Å². The molecule has 0 saturated carbocycles. The maximum atomic E-state index is 13.4. The molecule has 2 aromatic heterocycles. The van der Waals surface area contributed by atoms with Crippen molar-refractivity contribution < 1.29 is 9.90 Å². The van der Waals surface area contributed by atoms with E-state index in [1.165, 1.54) is 21.5 Å². The number of aromatic nitrogens is 2. The van der Waals surface area contributed by atoms with Crippen molar-refractivity contribution in [3.05, 3.63) is 50.9 Å². The Morgan fingerprint density at radius 3 is 2.56 bits per heavy atom. The third kappa shape index (κ3) is 3.18. The van der Waals surface area contributed by atoms with Crippen molar-refractivity contribution in [2.24, 2.45) is 0 Å². The third-order valence-corrected chi connectivity index (χ3v) is 5.92. The fourth-order valence-electron chi connectivity index (χ4n) is 3.22. The first-order chi connectivity index (χ1) is 12.7. The lowest BCUT2D eigenvalue weighted by Gasteiger charge is -2.25. The molecule has 0 atom stereocenters. The number of hydrogen-bond acceptors (Lipinski definition) is 4. The van der Waals surface area contributed by atoms with Crippen LogP contribution in [0.2, 0.25) is 0 Å². The first-order valence-corrected chi connectivity index (χ1v) is 9.91. The molecule has 27 heavy (non-hydrogen) atoms. The van der Waals surface area contributed by atoms with E-state index in [-0.39, 0.29) is 5.56 Å². The molecule has 0 unspecified atom stereocenters. The molecule has 0 aliphatic rings. The second kappa shape index (κ2) is 6.93. The monoisotopic (exact) mass is 384 g/mol. The van der Waals surface area contributed by atoms with Crippen LogP contribution in [0.25, 0.3) is 21.3 Å². The predicted molar refractivity (Wildman–Crippen MR) is 110 cm³/mol. The normalized spacial score (nSPS) is 11.9. The minimum atomic E-state index is -1.37. The SMILES string of the molecule is CCCc1nc2scc(-c3ccc(C)c(C)c3)c2c(=O)n1C(C)(C)C(=O)O. The van der Waals surface area contributed by atoms with E-state index in [0.29, 0.717) is 22.5 Å². The van der Waals surface area contributed by atoms with Crippen molar-refractivity contribution in [1.29, 1.82) is 0 Å². The topological polar surface area (TPSA) is 72.2 Å². The molecule has 0 amide bonds. The highest BCUT2D eigenvalue weighted by atomic mass is 32.1. The Balaban J connectivity index is 2.37. The number of carbonyl (C=O) groups is 1. The molecule has 142 valence electrons. The maximum Gasteiger partial charge on any atom is 0.329 e. The number of aryl methyl sites for hydroxylation is 3. The van der Waals surface area contributed by atoms with Crippen molar-refractivity contribution >= 4 is 27.5 Å². The maximum absolute atomic E-state index is 13.4. The number of rotatable bonds is 5. The zero-order chi connectivity index (χ0) is 19.9. The van der Waals surface area contributed by atoms with Crippen molar-refractivity contribution in [2.45, 2.75) is 53.0 Å². The Labute approximate surface area is 162 Å². The first kappa shape index (κ1) is 19.3. The van der Waals surface area contributed by atoms with Gasteiger partial charge in [-0.1, -0.05) is 25.1 Å². The molecule has 0 saturated heterocycles. The van der Waals surface area contributed by atoms with Crippen LogP contribution in [-0.2, 0) is 16.8 Å². The van der Waals surface area contributed by atoms with Crippen LogP contribution in [0.4, 0.5) is 0 Å². The highest BCUT2D eigenvalue weighted by Gasteiger charge is 2.34. The fourth-order valence-corrected chi connectivity index (χ4v) is 4.17. The standard InChI is InChI=1S/C21H24N2O3S/c1-6-7-16-22-18-17(19(24)23(16)21(4,5)20(25)26)15(11-27-18)14-9-8-12(2)13(3)10-14/h8-11H,6-7H2,1-5H3,(H,25,26). The highest BCUT2D eigenvalue weighted by Crippen LogP contribution is 2.33. The summed E-state index contributed by atoms with van der Waals surface area (Å²) in [5, 5.41) is 12.1. The van der Waals surface area contributed by atoms with Crippen LogP contribution >= 0.6 is 11.3 Å². The van der Waals surface area contributed by atoms with Crippen LogP contribution in [0.5, 0.6) is 0 Å². The van der Waals surface area contributed by atoms with Crippen LogP contribution in [0.15, 0.2) is 28.4 Å². The molecular formula is C21H24N2O3S. The molecule has 6 heteroatoms. The average Bonchev–Trinajstić information content (AvgIpc) is 3.01. The first-order valence-electron chi connectivity index (χ1n) is 9.03. The number of fused-ring (bicyclic) bond motifs is 1. The Kier molecular flexibility index (Phi) is 4.95. The summed E-state index contributed by atoms with van der Waals surface area (Å²) in [4.78, 5) is 30.6. The second-order valence-electron chi connectivity index (χ2n) is 7.41. The van der Waals surface area contributed by atoms with Crippen LogP contribution in [0.1, 0.15) is 44.1 Å². The van der Waals surface area contributed by atoms with E-state index in [2.05, 4.69) is 11.1 Å². The van der Waals surface area contributed by atoms with Crippen LogP contribution < -0.4 is 5.56 Å². The van der Waals surface area contributed by atoms with Crippen LogP contribution in [-0.4, -0.2) is 20.6 Å². The van der Waals surface area contributed by atoms with E-state index in [1.54, 1.807) is 13.8 Å². The predicted octanol–water partition coefficient (Wildman–Crippen LogP) is 4.51. The molecular weight excluding hydrogens is 360 g/mol. The molecule has 3 aromatic rings. The molecule has 0 aliphatic heterocycles. The number of hydrogen-bond donors (Lipinski definition) is 1. The summed E-state index contributed by atoms with van der Waals surface area (Å²) < 4.78 is 1.36. The molecule has 1 aromatic carbocycles. The van der Waals surface area contributed by atoms with Gasteiger partial charge in [-0.05, 0) is 50.8 Å². The Bertz CT molecular complexity index is 1090. The van der Waals surface area contributed by atoms with E-state index in [4.69, 9.17) is 0 Å². The van der Waals surface area contributed by atoms with Crippen molar-refractivity contribution in [3.63, 3.8) is 0 Å². The summed E-state index contributed by atoms with van der Waals surface area (Å²) >= 11 is 1.43. The minimum absolute atomic E-state index is 0.287. The molecule has 1 N–H and O–H groups in total. The molecule has 0 radical (unpaired) electrons. The van der Waals surface area contributed by atoms with Crippen molar-refractivity contribution in [3.8, 4) is 11.1 Å². The molecule has 0 bridgehead atoms. The number of carboxylic acids is 1. The van der Waals surface area contributed by atoms with E-state index >= 15 is 0 Å². The lowest BCUT2D eigenvalue weighted by molar-refractivity contribution is -0.146. The van der Waals surface area contributed by atoms with E-state index in [1.807, 2.05) is 38.3 Å². The molecule has 0 aliphatic carbocycles. The molecule has 5 nitrogen and oxygen atoms in total. The summed E-state index contributed by atoms with van der Waals surface area (Å²) in [6, 6.07) is 6.09. The van der Waals surface area contributed by atoms with Crippen LogP contribution in [0.3, 0.4) is 0 Å². The molecule has 0 spiro atoms. The summed E-state index contributed by atoms with van der Waals surface area (Å²) in [6.45, 7) is 9.17. The minimum Gasteiger partial charge on any atom is -0.480 e. The summed E-state index contributed by atoms with van der Waals surface area (Å²) in [5.74, 6) is -0.526. The third-order valence-electron chi connectivity index (χ3n) is 5.05. The smallest absolute Gasteiger partial charge is 0.329 e. The zero-order valence-corrected chi connectivity index (χ0v) is 17.1. The molecule has 2 heterocycles. The fraction of sp³-hybridized carbons (Fsp3) is 0.381. The quantitative estimate of drug-likeness (QED) is 0.702. The van der Waals surface area contributed by atoms with Gasteiger partial charge in [-0.3, -0.25) is 9.36 Å². The Morgan fingerprint density at radius 2 is 1.96 bits per heavy atom. The second-order valence-corrected chi connectivity index (χ2v) is 8.27. The molecule has 0 fully saturated rings. The van der Waals surface area contributed by atoms with Gasteiger partial charge in [0.2, 0.25) is 0 Å². The number of thiophene rings is 1. The zero-order valence-electron chi connectivity index (χ0n) is 16.3. The van der Waals surface area contributed by atoms with E-state index < -0.39 is 11.5 Å². The van der Waals surface area contributed by atoms with Crippen molar-refractivity contribution in [1.82, 2.24) is 9.55 Å². The van der Waals surface area contributed by atoms with Gasteiger partial charge in [0.1, 0.15) is 16.2 Å². The van der Waals surface area contributed by atoms with E-state index in [9.17, 15) is 14.7 Å².